The molecule has 1 rings (SSSR count). The zero-order valence-corrected chi connectivity index (χ0v) is 13.4. The van der Waals surface area contributed by atoms with Gasteiger partial charge in [0.2, 0.25) is 0 Å². The van der Waals surface area contributed by atoms with Crippen LogP contribution >= 0.6 is 15.9 Å². The molecule has 0 aliphatic carbocycles. The van der Waals surface area contributed by atoms with Crippen molar-refractivity contribution in [3.05, 3.63) is 40.4 Å². The summed E-state index contributed by atoms with van der Waals surface area (Å²) in [5, 5.41) is 3.34. The third-order valence-electron chi connectivity index (χ3n) is 2.75. The first-order valence-corrected chi connectivity index (χ1v) is 7.15. The molecule has 0 aliphatic heterocycles. The van der Waals surface area contributed by atoms with Gasteiger partial charge in [0.1, 0.15) is 11.9 Å². The monoisotopic (exact) mass is 327 g/mol. The fourth-order valence-electron chi connectivity index (χ4n) is 1.73. The lowest BCUT2D eigenvalue weighted by Gasteiger charge is -2.18. The minimum Gasteiger partial charge on any atom is -0.486 e. The van der Waals surface area contributed by atoms with Crippen molar-refractivity contribution in [1.29, 1.82) is 0 Å². The summed E-state index contributed by atoms with van der Waals surface area (Å²) in [6, 6.07) is 4.14. The Morgan fingerprint density at radius 1 is 1.47 bits per heavy atom. The van der Waals surface area contributed by atoms with E-state index in [0.29, 0.717) is 6.61 Å². The highest BCUT2D eigenvalue weighted by molar-refractivity contribution is 9.10. The van der Waals surface area contributed by atoms with Crippen molar-refractivity contribution in [2.75, 3.05) is 20.3 Å². The summed E-state index contributed by atoms with van der Waals surface area (Å²) >= 11 is 3.52. The average molecular weight is 328 g/mol. The van der Waals surface area contributed by atoms with Gasteiger partial charge in [-0.05, 0) is 31.5 Å². The van der Waals surface area contributed by atoms with E-state index in [9.17, 15) is 0 Å². The van der Waals surface area contributed by atoms with E-state index < -0.39 is 0 Å². The molecule has 3 nitrogen and oxygen atoms in total. The molecule has 0 fully saturated rings. The lowest BCUT2D eigenvalue weighted by Crippen LogP contribution is -2.20. The number of methoxy groups -OCH3 is 1. The maximum atomic E-state index is 5.93. The Morgan fingerprint density at radius 3 is 2.84 bits per heavy atom. The first kappa shape index (κ1) is 16.2. The Bertz CT molecular complexity index is 421. The molecule has 1 N–H and O–H groups in total. The number of hydrogen-bond acceptors (Lipinski definition) is 3. The summed E-state index contributed by atoms with van der Waals surface area (Å²) in [7, 11) is 1.70. The van der Waals surface area contributed by atoms with E-state index in [0.717, 1.165) is 34.4 Å². The van der Waals surface area contributed by atoms with Gasteiger partial charge in [0.25, 0.3) is 0 Å². The Kier molecular flexibility index (Phi) is 7.13. The molecule has 0 spiro atoms. The Balaban J connectivity index is 2.83. The van der Waals surface area contributed by atoms with Crippen molar-refractivity contribution < 1.29 is 9.47 Å². The zero-order valence-electron chi connectivity index (χ0n) is 11.8. The van der Waals surface area contributed by atoms with Crippen LogP contribution in [0.1, 0.15) is 18.1 Å². The van der Waals surface area contributed by atoms with Crippen LogP contribution in [0.5, 0.6) is 5.75 Å². The smallest absolute Gasteiger partial charge is 0.127 e. The Hall–Kier alpha value is -0.840. The second-order valence-corrected chi connectivity index (χ2v) is 5.35. The summed E-state index contributed by atoms with van der Waals surface area (Å²) in [6.07, 6.45) is 1.79. The third kappa shape index (κ3) is 5.35. The van der Waals surface area contributed by atoms with Gasteiger partial charge >= 0.3 is 0 Å². The van der Waals surface area contributed by atoms with E-state index in [1.54, 1.807) is 13.2 Å². The highest BCUT2D eigenvalue weighted by Gasteiger charge is 2.11. The molecule has 0 amide bonds. The number of ether oxygens (including phenoxy) is 2. The van der Waals surface area contributed by atoms with Crippen LogP contribution in [0.3, 0.4) is 0 Å². The topological polar surface area (TPSA) is 30.5 Å². The number of hydrogen-bond donors (Lipinski definition) is 1. The molecule has 1 atom stereocenters. The number of nitrogens with one attached hydrogen (secondary N) is 1. The second kappa shape index (κ2) is 8.35. The van der Waals surface area contributed by atoms with Gasteiger partial charge in [-0.25, -0.2) is 0 Å². The predicted octanol–water partition coefficient (Wildman–Crippen LogP) is 3.45. The number of aryl methyl sites for hydroxylation is 1. The van der Waals surface area contributed by atoms with E-state index >= 15 is 0 Å². The molecule has 1 aromatic carbocycles. The maximum absolute atomic E-state index is 5.93. The van der Waals surface area contributed by atoms with Crippen LogP contribution in [0.4, 0.5) is 0 Å². The lowest BCUT2D eigenvalue weighted by atomic mass is 10.1. The average Bonchev–Trinajstić information content (AvgIpc) is 2.38. The summed E-state index contributed by atoms with van der Waals surface area (Å²) in [6.45, 7) is 10.1. The Morgan fingerprint density at radius 2 is 2.21 bits per heavy atom. The molecule has 4 heteroatoms. The van der Waals surface area contributed by atoms with Crippen molar-refractivity contribution in [2.45, 2.75) is 26.5 Å². The van der Waals surface area contributed by atoms with Gasteiger partial charge in [-0.15, -0.1) is 0 Å². The molecular weight excluding hydrogens is 306 g/mol. The fourth-order valence-corrected chi connectivity index (χ4v) is 2.35. The molecule has 1 aromatic rings. The van der Waals surface area contributed by atoms with Crippen molar-refractivity contribution >= 4 is 15.9 Å². The van der Waals surface area contributed by atoms with Crippen molar-refractivity contribution in [2.24, 2.45) is 0 Å². The minimum atomic E-state index is -0.00222. The van der Waals surface area contributed by atoms with Crippen LogP contribution in [-0.2, 0) is 11.3 Å². The molecule has 19 heavy (non-hydrogen) atoms. The van der Waals surface area contributed by atoms with Gasteiger partial charge < -0.3 is 14.8 Å². The molecular formula is C15H22BrNO2. The first-order valence-electron chi connectivity index (χ1n) is 6.36. The molecule has 106 valence electrons. The van der Waals surface area contributed by atoms with Gasteiger partial charge in [-0.3, -0.25) is 0 Å². The SMILES string of the molecule is C=CC(C)Oc1c(C)cc(Br)cc1CNCCOC. The zero-order chi connectivity index (χ0) is 14.3. The van der Waals surface area contributed by atoms with E-state index in [4.69, 9.17) is 9.47 Å². The van der Waals surface area contributed by atoms with Gasteiger partial charge in [-0.2, -0.15) is 0 Å². The van der Waals surface area contributed by atoms with E-state index in [1.165, 1.54) is 0 Å². The van der Waals surface area contributed by atoms with Crippen LogP contribution in [0.15, 0.2) is 29.3 Å². The highest BCUT2D eigenvalue weighted by atomic mass is 79.9. The molecule has 1 unspecified atom stereocenters. The molecule has 0 heterocycles. The van der Waals surface area contributed by atoms with Gasteiger partial charge in [-0.1, -0.05) is 28.6 Å². The van der Waals surface area contributed by atoms with Gasteiger partial charge in [0.15, 0.2) is 0 Å². The lowest BCUT2D eigenvalue weighted by molar-refractivity contribution is 0.199. The second-order valence-electron chi connectivity index (χ2n) is 4.44. The van der Waals surface area contributed by atoms with Crippen LogP contribution < -0.4 is 10.1 Å². The van der Waals surface area contributed by atoms with Crippen LogP contribution in [0, 0.1) is 6.92 Å². The summed E-state index contributed by atoms with van der Waals surface area (Å²) in [5.41, 5.74) is 2.25. The summed E-state index contributed by atoms with van der Waals surface area (Å²) in [4.78, 5) is 0. The normalized spacial score (nSPS) is 12.2. The predicted molar refractivity (Wildman–Crippen MR) is 82.7 cm³/mol. The first-order chi connectivity index (χ1) is 9.08. The molecule has 0 bridgehead atoms. The van der Waals surface area contributed by atoms with Crippen molar-refractivity contribution in [1.82, 2.24) is 5.32 Å². The fraction of sp³-hybridized carbons (Fsp3) is 0.467. The van der Waals surface area contributed by atoms with Crippen LogP contribution in [0.25, 0.3) is 0 Å². The Labute approximate surface area is 124 Å². The quantitative estimate of drug-likeness (QED) is 0.586. The van der Waals surface area contributed by atoms with E-state index in [1.807, 2.05) is 6.92 Å². The standard InChI is InChI=1S/C15H22BrNO2/c1-5-12(3)19-15-11(2)8-14(16)9-13(15)10-17-6-7-18-4/h5,8-9,12,17H,1,6-7,10H2,2-4H3. The third-order valence-corrected chi connectivity index (χ3v) is 3.21. The summed E-state index contributed by atoms with van der Waals surface area (Å²) < 4.78 is 12.0. The van der Waals surface area contributed by atoms with Crippen LogP contribution in [-0.4, -0.2) is 26.4 Å². The summed E-state index contributed by atoms with van der Waals surface area (Å²) in [5.74, 6) is 0.931. The molecule has 0 aromatic heterocycles. The highest BCUT2D eigenvalue weighted by Crippen LogP contribution is 2.29. The number of benzene rings is 1. The largest absolute Gasteiger partial charge is 0.486 e. The minimum absolute atomic E-state index is 0.00222. The van der Waals surface area contributed by atoms with E-state index in [-0.39, 0.29) is 6.10 Å². The molecule has 0 saturated carbocycles. The molecule has 0 aliphatic rings. The van der Waals surface area contributed by atoms with E-state index in [2.05, 4.69) is 46.9 Å². The van der Waals surface area contributed by atoms with Gasteiger partial charge in [0, 0.05) is 30.2 Å². The van der Waals surface area contributed by atoms with Crippen LogP contribution in [0.2, 0.25) is 0 Å². The van der Waals surface area contributed by atoms with Gasteiger partial charge in [0.05, 0.1) is 6.61 Å². The maximum Gasteiger partial charge on any atom is 0.127 e. The number of rotatable bonds is 8. The molecule has 0 saturated heterocycles. The molecule has 0 radical (unpaired) electrons. The number of halogens is 1. The van der Waals surface area contributed by atoms with Crippen molar-refractivity contribution in [3.63, 3.8) is 0 Å². The van der Waals surface area contributed by atoms with Crippen molar-refractivity contribution in [3.8, 4) is 5.75 Å².